The predicted molar refractivity (Wildman–Crippen MR) is 82.1 cm³/mol. The van der Waals surface area contributed by atoms with Gasteiger partial charge in [0.2, 0.25) is 0 Å². The van der Waals surface area contributed by atoms with Crippen LogP contribution in [0.1, 0.15) is 5.56 Å². The summed E-state index contributed by atoms with van der Waals surface area (Å²) >= 11 is 0. The number of aromatic nitrogens is 1. The van der Waals surface area contributed by atoms with Crippen LogP contribution in [0.4, 0.5) is 5.69 Å². The van der Waals surface area contributed by atoms with Crippen LogP contribution in [0.5, 0.6) is 0 Å². The molecule has 0 spiro atoms. The van der Waals surface area contributed by atoms with Crippen LogP contribution in [-0.4, -0.2) is 42.4 Å². The molecule has 1 aliphatic rings. The van der Waals surface area contributed by atoms with Gasteiger partial charge in [-0.1, -0.05) is 24.3 Å². The maximum absolute atomic E-state index is 4.52. The van der Waals surface area contributed by atoms with Gasteiger partial charge in [0.1, 0.15) is 0 Å². The van der Waals surface area contributed by atoms with E-state index in [1.807, 2.05) is 24.5 Å². The first kappa shape index (κ1) is 12.7. The third-order valence-electron chi connectivity index (χ3n) is 3.43. The Hall–Kier alpha value is -2.36. The summed E-state index contributed by atoms with van der Waals surface area (Å²) in [5, 5.41) is 6.64. The minimum absolute atomic E-state index is 0.950. The molecule has 2 aromatic rings. The Morgan fingerprint density at radius 2 is 1.75 bits per heavy atom. The number of para-hydroxylation sites is 1. The molecule has 1 aromatic carbocycles. The normalized spacial score (nSPS) is 15.8. The highest BCUT2D eigenvalue weighted by Gasteiger charge is 2.15. The molecular formula is C16H18N4. The van der Waals surface area contributed by atoms with Gasteiger partial charge in [0.25, 0.3) is 0 Å². The highest BCUT2D eigenvalue weighted by Crippen LogP contribution is 2.15. The second-order valence-corrected chi connectivity index (χ2v) is 4.81. The Bertz CT molecular complexity index is 545. The summed E-state index contributed by atoms with van der Waals surface area (Å²) in [6.07, 6.45) is 5.48. The van der Waals surface area contributed by atoms with Crippen LogP contribution < -0.4 is 4.90 Å². The quantitative estimate of drug-likeness (QED) is 0.799. The van der Waals surface area contributed by atoms with Crippen molar-refractivity contribution in [1.29, 1.82) is 0 Å². The first-order valence-corrected chi connectivity index (χ1v) is 6.91. The van der Waals surface area contributed by atoms with Crippen molar-refractivity contribution >= 4 is 11.9 Å². The number of piperazine rings is 1. The third-order valence-corrected chi connectivity index (χ3v) is 3.43. The topological polar surface area (TPSA) is 31.7 Å². The van der Waals surface area contributed by atoms with Gasteiger partial charge in [-0.05, 0) is 18.2 Å². The standard InChI is InChI=1S/C16H18N4/c1-2-6-16(7-3-1)19-9-11-20(12-10-19)18-14-15-5-4-8-17-13-15/h1-8,13-14H,9-12H2/b18-14-. The second kappa shape index (κ2) is 6.19. The van der Waals surface area contributed by atoms with Crippen molar-refractivity contribution in [2.75, 3.05) is 31.1 Å². The zero-order chi connectivity index (χ0) is 13.6. The van der Waals surface area contributed by atoms with Crippen molar-refractivity contribution in [3.8, 4) is 0 Å². The molecule has 1 saturated heterocycles. The van der Waals surface area contributed by atoms with Crippen molar-refractivity contribution in [1.82, 2.24) is 9.99 Å². The smallest absolute Gasteiger partial charge is 0.0558 e. The van der Waals surface area contributed by atoms with Crippen molar-refractivity contribution < 1.29 is 0 Å². The van der Waals surface area contributed by atoms with Gasteiger partial charge in [-0.2, -0.15) is 5.10 Å². The number of anilines is 1. The van der Waals surface area contributed by atoms with E-state index in [0.717, 1.165) is 31.7 Å². The van der Waals surface area contributed by atoms with Gasteiger partial charge in [-0.15, -0.1) is 0 Å². The van der Waals surface area contributed by atoms with E-state index >= 15 is 0 Å². The molecular weight excluding hydrogens is 248 g/mol. The first-order chi connectivity index (χ1) is 9.92. The lowest BCUT2D eigenvalue weighted by Crippen LogP contribution is -2.44. The summed E-state index contributed by atoms with van der Waals surface area (Å²) in [6, 6.07) is 14.5. The molecule has 2 heterocycles. The zero-order valence-corrected chi connectivity index (χ0v) is 11.4. The van der Waals surface area contributed by atoms with E-state index in [2.05, 4.69) is 50.3 Å². The number of rotatable bonds is 3. The van der Waals surface area contributed by atoms with E-state index in [9.17, 15) is 0 Å². The number of hydrogen-bond acceptors (Lipinski definition) is 4. The van der Waals surface area contributed by atoms with Gasteiger partial charge in [-0.3, -0.25) is 9.99 Å². The average molecular weight is 266 g/mol. The Kier molecular flexibility index (Phi) is 3.92. The Morgan fingerprint density at radius 3 is 2.45 bits per heavy atom. The number of nitrogens with zero attached hydrogens (tertiary/aromatic N) is 4. The molecule has 20 heavy (non-hydrogen) atoms. The molecule has 0 unspecified atom stereocenters. The fourth-order valence-corrected chi connectivity index (χ4v) is 2.31. The minimum atomic E-state index is 0.950. The molecule has 0 N–H and O–H groups in total. The first-order valence-electron chi connectivity index (χ1n) is 6.91. The third kappa shape index (κ3) is 3.15. The summed E-state index contributed by atoms with van der Waals surface area (Å²) < 4.78 is 0. The van der Waals surface area contributed by atoms with Gasteiger partial charge in [0.15, 0.2) is 0 Å². The molecule has 0 amide bonds. The molecule has 0 atom stereocenters. The average Bonchev–Trinajstić information content (AvgIpc) is 2.55. The summed E-state index contributed by atoms with van der Waals surface area (Å²) in [6.45, 7) is 3.92. The molecule has 0 aliphatic carbocycles. The van der Waals surface area contributed by atoms with E-state index in [-0.39, 0.29) is 0 Å². The molecule has 1 fully saturated rings. The molecule has 0 saturated carbocycles. The van der Waals surface area contributed by atoms with E-state index < -0.39 is 0 Å². The largest absolute Gasteiger partial charge is 0.368 e. The molecule has 102 valence electrons. The lowest BCUT2D eigenvalue weighted by Gasteiger charge is -2.34. The van der Waals surface area contributed by atoms with Crippen LogP contribution >= 0.6 is 0 Å². The highest BCUT2D eigenvalue weighted by atomic mass is 15.5. The van der Waals surface area contributed by atoms with Crippen molar-refractivity contribution in [3.63, 3.8) is 0 Å². The van der Waals surface area contributed by atoms with E-state index in [4.69, 9.17) is 0 Å². The van der Waals surface area contributed by atoms with E-state index in [0.29, 0.717) is 0 Å². The summed E-state index contributed by atoms with van der Waals surface area (Å²) in [5.41, 5.74) is 2.33. The number of hydrogen-bond donors (Lipinski definition) is 0. The molecule has 0 bridgehead atoms. The highest BCUT2D eigenvalue weighted by molar-refractivity contribution is 5.78. The van der Waals surface area contributed by atoms with Gasteiger partial charge >= 0.3 is 0 Å². The summed E-state index contributed by atoms with van der Waals surface area (Å²) in [7, 11) is 0. The Labute approximate surface area is 119 Å². The van der Waals surface area contributed by atoms with Crippen LogP contribution in [0.15, 0.2) is 60.0 Å². The lowest BCUT2D eigenvalue weighted by molar-refractivity contribution is 0.272. The van der Waals surface area contributed by atoms with Gasteiger partial charge in [0.05, 0.1) is 19.3 Å². The molecule has 0 radical (unpaired) electrons. The molecule has 1 aromatic heterocycles. The maximum atomic E-state index is 4.52. The van der Waals surface area contributed by atoms with Gasteiger partial charge in [-0.25, -0.2) is 0 Å². The summed E-state index contributed by atoms with van der Waals surface area (Å²) in [4.78, 5) is 6.48. The fraction of sp³-hybridized carbons (Fsp3) is 0.250. The number of pyridine rings is 1. The lowest BCUT2D eigenvalue weighted by atomic mass is 10.2. The fourth-order valence-electron chi connectivity index (χ4n) is 2.31. The summed E-state index contributed by atoms with van der Waals surface area (Å²) in [5.74, 6) is 0. The minimum Gasteiger partial charge on any atom is -0.368 e. The van der Waals surface area contributed by atoms with Gasteiger partial charge in [0, 0.05) is 36.7 Å². The second-order valence-electron chi connectivity index (χ2n) is 4.81. The van der Waals surface area contributed by atoms with Crippen molar-refractivity contribution in [2.45, 2.75) is 0 Å². The predicted octanol–water partition coefficient (Wildman–Crippen LogP) is 2.24. The van der Waals surface area contributed by atoms with Gasteiger partial charge < -0.3 is 4.90 Å². The van der Waals surface area contributed by atoms with Crippen molar-refractivity contribution in [3.05, 3.63) is 60.4 Å². The number of benzene rings is 1. The van der Waals surface area contributed by atoms with Crippen LogP contribution in [0.2, 0.25) is 0 Å². The van der Waals surface area contributed by atoms with Crippen LogP contribution in [-0.2, 0) is 0 Å². The van der Waals surface area contributed by atoms with E-state index in [1.165, 1.54) is 5.69 Å². The zero-order valence-electron chi connectivity index (χ0n) is 11.4. The van der Waals surface area contributed by atoms with Crippen LogP contribution in [0.25, 0.3) is 0 Å². The number of hydrazone groups is 1. The van der Waals surface area contributed by atoms with Crippen LogP contribution in [0, 0.1) is 0 Å². The molecule has 1 aliphatic heterocycles. The molecule has 4 nitrogen and oxygen atoms in total. The maximum Gasteiger partial charge on any atom is 0.0558 e. The Balaban J connectivity index is 1.55. The molecule has 3 rings (SSSR count). The van der Waals surface area contributed by atoms with E-state index in [1.54, 1.807) is 6.20 Å². The molecule has 4 heteroatoms. The van der Waals surface area contributed by atoms with Crippen molar-refractivity contribution in [2.24, 2.45) is 5.10 Å². The van der Waals surface area contributed by atoms with Crippen LogP contribution in [0.3, 0.4) is 0 Å². The monoisotopic (exact) mass is 266 g/mol. The SMILES string of the molecule is C(=N/N1CCN(c2ccccc2)CC1)/c1cccnc1. The Morgan fingerprint density at radius 1 is 0.950 bits per heavy atom.